The van der Waals surface area contributed by atoms with Crippen molar-refractivity contribution in [2.45, 2.75) is 57.3 Å². The monoisotopic (exact) mass is 308 g/mol. The van der Waals surface area contributed by atoms with Gasteiger partial charge in [0, 0.05) is 37.8 Å². The zero-order valence-electron chi connectivity index (χ0n) is 13.0. The molecule has 1 saturated heterocycles. The quantitative estimate of drug-likeness (QED) is 0.732. The fourth-order valence-electron chi connectivity index (χ4n) is 3.09. The average molecular weight is 308 g/mol. The van der Waals surface area contributed by atoms with Crippen molar-refractivity contribution >= 4 is 0 Å². The lowest BCUT2D eigenvalue weighted by Crippen LogP contribution is -2.63. The summed E-state index contributed by atoms with van der Waals surface area (Å²) in [7, 11) is 0. The van der Waals surface area contributed by atoms with Gasteiger partial charge in [-0.2, -0.15) is 13.2 Å². The van der Waals surface area contributed by atoms with Gasteiger partial charge in [0.1, 0.15) is 6.61 Å². The molecule has 6 heteroatoms. The SMILES string of the molecule is CCC1(C)CN(CCCOCC(F)(F)F)C(C2CC2)CN1. The number of nitrogens with zero attached hydrogens (tertiary/aromatic N) is 1. The van der Waals surface area contributed by atoms with Crippen LogP contribution in [0.1, 0.15) is 39.5 Å². The predicted octanol–water partition coefficient (Wildman–Crippen LogP) is 2.81. The van der Waals surface area contributed by atoms with Crippen LogP contribution in [0.5, 0.6) is 0 Å². The Hall–Kier alpha value is -0.330. The van der Waals surface area contributed by atoms with Gasteiger partial charge in [0.2, 0.25) is 0 Å². The Labute approximate surface area is 125 Å². The summed E-state index contributed by atoms with van der Waals surface area (Å²) in [6, 6.07) is 0.548. The van der Waals surface area contributed by atoms with Crippen LogP contribution >= 0.6 is 0 Å². The van der Waals surface area contributed by atoms with Crippen molar-refractivity contribution in [3.63, 3.8) is 0 Å². The maximum Gasteiger partial charge on any atom is 0.411 e. The van der Waals surface area contributed by atoms with Crippen LogP contribution < -0.4 is 5.32 Å². The minimum atomic E-state index is -4.22. The molecule has 1 heterocycles. The van der Waals surface area contributed by atoms with Crippen LogP contribution in [0.2, 0.25) is 0 Å². The number of halogens is 3. The van der Waals surface area contributed by atoms with Crippen LogP contribution in [0.15, 0.2) is 0 Å². The number of hydrogen-bond donors (Lipinski definition) is 1. The van der Waals surface area contributed by atoms with Gasteiger partial charge in [-0.25, -0.2) is 0 Å². The number of piperazine rings is 1. The van der Waals surface area contributed by atoms with E-state index >= 15 is 0 Å². The van der Waals surface area contributed by atoms with Crippen LogP contribution in [0, 0.1) is 5.92 Å². The number of rotatable bonds is 7. The van der Waals surface area contributed by atoms with Gasteiger partial charge in [-0.3, -0.25) is 4.90 Å². The van der Waals surface area contributed by atoms with Gasteiger partial charge in [-0.15, -0.1) is 0 Å². The van der Waals surface area contributed by atoms with Crippen molar-refractivity contribution in [1.82, 2.24) is 10.2 Å². The first-order valence-corrected chi connectivity index (χ1v) is 7.96. The molecule has 124 valence electrons. The molecule has 1 aliphatic heterocycles. The van der Waals surface area contributed by atoms with Crippen LogP contribution in [-0.2, 0) is 4.74 Å². The Morgan fingerprint density at radius 3 is 2.62 bits per heavy atom. The Morgan fingerprint density at radius 1 is 1.33 bits per heavy atom. The Morgan fingerprint density at radius 2 is 2.05 bits per heavy atom. The molecule has 1 saturated carbocycles. The molecule has 0 aromatic rings. The summed E-state index contributed by atoms with van der Waals surface area (Å²) >= 11 is 0. The molecule has 2 unspecified atom stereocenters. The van der Waals surface area contributed by atoms with E-state index in [9.17, 15) is 13.2 Å². The Bertz CT molecular complexity index is 333. The van der Waals surface area contributed by atoms with Gasteiger partial charge in [-0.1, -0.05) is 6.92 Å². The number of alkyl halides is 3. The molecule has 0 amide bonds. The van der Waals surface area contributed by atoms with E-state index in [1.807, 2.05) is 0 Å². The van der Waals surface area contributed by atoms with Gasteiger partial charge in [0.25, 0.3) is 0 Å². The molecule has 1 aliphatic carbocycles. The summed E-state index contributed by atoms with van der Waals surface area (Å²) in [5, 5.41) is 3.65. The molecule has 0 spiro atoms. The van der Waals surface area contributed by atoms with E-state index in [4.69, 9.17) is 4.74 Å². The molecule has 2 fully saturated rings. The second-order valence-electron chi connectivity index (χ2n) is 6.69. The second kappa shape index (κ2) is 6.84. The minimum absolute atomic E-state index is 0.123. The molecule has 0 aromatic carbocycles. The van der Waals surface area contributed by atoms with Crippen molar-refractivity contribution in [3.05, 3.63) is 0 Å². The Balaban J connectivity index is 1.75. The minimum Gasteiger partial charge on any atom is -0.372 e. The van der Waals surface area contributed by atoms with Crippen LogP contribution in [0.25, 0.3) is 0 Å². The molecular weight excluding hydrogens is 281 g/mol. The highest BCUT2D eigenvalue weighted by Crippen LogP contribution is 2.37. The lowest BCUT2D eigenvalue weighted by atomic mass is 9.92. The largest absolute Gasteiger partial charge is 0.411 e. The second-order valence-corrected chi connectivity index (χ2v) is 6.69. The zero-order chi connectivity index (χ0) is 15.5. The van der Waals surface area contributed by atoms with Gasteiger partial charge in [-0.05, 0) is 38.5 Å². The van der Waals surface area contributed by atoms with E-state index in [-0.39, 0.29) is 12.1 Å². The number of nitrogens with one attached hydrogen (secondary N) is 1. The zero-order valence-corrected chi connectivity index (χ0v) is 13.0. The lowest BCUT2D eigenvalue weighted by molar-refractivity contribution is -0.174. The average Bonchev–Trinajstić information content (AvgIpc) is 3.22. The normalized spacial score (nSPS) is 31.6. The molecule has 0 radical (unpaired) electrons. The third kappa shape index (κ3) is 5.42. The molecule has 1 N–H and O–H groups in total. The maximum atomic E-state index is 12.0. The summed E-state index contributed by atoms with van der Waals surface area (Å²) in [6.45, 7) is 6.26. The highest BCUT2D eigenvalue weighted by Gasteiger charge is 2.41. The van der Waals surface area contributed by atoms with Crippen molar-refractivity contribution < 1.29 is 17.9 Å². The van der Waals surface area contributed by atoms with Crippen molar-refractivity contribution in [3.8, 4) is 0 Å². The molecule has 0 bridgehead atoms. The van der Waals surface area contributed by atoms with Crippen LogP contribution in [-0.4, -0.2) is 55.5 Å². The molecule has 2 aliphatic rings. The van der Waals surface area contributed by atoms with E-state index < -0.39 is 12.8 Å². The van der Waals surface area contributed by atoms with E-state index in [1.54, 1.807) is 0 Å². The molecule has 3 nitrogen and oxygen atoms in total. The van der Waals surface area contributed by atoms with Crippen molar-refractivity contribution in [1.29, 1.82) is 0 Å². The summed E-state index contributed by atoms with van der Waals surface area (Å²) in [5.41, 5.74) is 0.123. The fourth-order valence-corrected chi connectivity index (χ4v) is 3.09. The smallest absolute Gasteiger partial charge is 0.372 e. The molecule has 0 aromatic heterocycles. The highest BCUT2D eigenvalue weighted by molar-refractivity contribution is 4.99. The lowest BCUT2D eigenvalue weighted by Gasteiger charge is -2.46. The summed E-state index contributed by atoms with van der Waals surface area (Å²) in [4.78, 5) is 2.47. The van der Waals surface area contributed by atoms with E-state index in [1.165, 1.54) is 12.8 Å². The summed E-state index contributed by atoms with van der Waals surface area (Å²) in [5.74, 6) is 0.773. The van der Waals surface area contributed by atoms with Crippen LogP contribution in [0.4, 0.5) is 13.2 Å². The first kappa shape index (κ1) is 17.0. The third-order valence-corrected chi connectivity index (χ3v) is 4.71. The summed E-state index contributed by atoms with van der Waals surface area (Å²) < 4.78 is 40.8. The van der Waals surface area contributed by atoms with Crippen LogP contribution in [0.3, 0.4) is 0 Å². The van der Waals surface area contributed by atoms with Gasteiger partial charge in [0.15, 0.2) is 0 Å². The predicted molar refractivity (Wildman–Crippen MR) is 76.3 cm³/mol. The van der Waals surface area contributed by atoms with E-state index in [0.717, 1.165) is 32.0 Å². The topological polar surface area (TPSA) is 24.5 Å². The maximum absolute atomic E-state index is 12.0. The van der Waals surface area contributed by atoms with Gasteiger partial charge < -0.3 is 10.1 Å². The first-order chi connectivity index (χ1) is 9.83. The molecule has 2 atom stereocenters. The van der Waals surface area contributed by atoms with E-state index in [2.05, 4.69) is 24.1 Å². The number of hydrogen-bond acceptors (Lipinski definition) is 3. The first-order valence-electron chi connectivity index (χ1n) is 7.96. The highest BCUT2D eigenvalue weighted by atomic mass is 19.4. The van der Waals surface area contributed by atoms with Crippen molar-refractivity contribution in [2.75, 3.05) is 32.8 Å². The fraction of sp³-hybridized carbons (Fsp3) is 1.00. The molecular formula is C15H27F3N2O. The summed E-state index contributed by atoms with van der Waals surface area (Å²) in [6.07, 6.45) is 0.0868. The standard InChI is InChI=1S/C15H27F3N2O/c1-3-14(2)10-20(13(9-19-14)12-5-6-12)7-4-8-21-11-15(16,17)18/h12-13,19H,3-11H2,1-2H3. The molecule has 2 rings (SSSR count). The number of ether oxygens (including phenoxy) is 1. The third-order valence-electron chi connectivity index (χ3n) is 4.71. The van der Waals surface area contributed by atoms with Crippen molar-refractivity contribution in [2.24, 2.45) is 5.92 Å². The van der Waals surface area contributed by atoms with E-state index in [0.29, 0.717) is 12.5 Å². The van der Waals surface area contributed by atoms with Gasteiger partial charge in [0.05, 0.1) is 0 Å². The van der Waals surface area contributed by atoms with Gasteiger partial charge >= 0.3 is 6.18 Å². The Kier molecular flexibility index (Phi) is 5.54. The molecule has 21 heavy (non-hydrogen) atoms.